The van der Waals surface area contributed by atoms with Crippen LogP contribution >= 0.6 is 11.6 Å². The summed E-state index contributed by atoms with van der Waals surface area (Å²) in [6, 6.07) is 9.41. The first-order valence-electron chi connectivity index (χ1n) is 5.84. The highest BCUT2D eigenvalue weighted by Crippen LogP contribution is 2.22. The molecule has 20 heavy (non-hydrogen) atoms. The van der Waals surface area contributed by atoms with Crippen molar-refractivity contribution in [2.45, 2.75) is 6.61 Å². The summed E-state index contributed by atoms with van der Waals surface area (Å²) >= 11 is 5.59. The van der Waals surface area contributed by atoms with Gasteiger partial charge in [-0.1, -0.05) is 11.6 Å². The minimum Gasteiger partial charge on any atom is -0.484 e. The van der Waals surface area contributed by atoms with E-state index < -0.39 is 5.82 Å². The molecule has 0 bridgehead atoms. The zero-order valence-electron chi connectivity index (χ0n) is 10.3. The smallest absolute Gasteiger partial charge is 0.233 e. The summed E-state index contributed by atoms with van der Waals surface area (Å²) in [6.07, 6.45) is 0. The number of oxazole rings is 1. The molecule has 0 spiro atoms. The van der Waals surface area contributed by atoms with E-state index >= 15 is 0 Å². The number of benzene rings is 2. The number of rotatable bonds is 3. The minimum atomic E-state index is -0.533. The summed E-state index contributed by atoms with van der Waals surface area (Å²) in [5.41, 5.74) is 7.54. The van der Waals surface area contributed by atoms with Crippen molar-refractivity contribution in [1.29, 1.82) is 0 Å². The number of fused-ring (bicyclic) bond motifs is 1. The molecule has 0 atom stereocenters. The van der Waals surface area contributed by atoms with Crippen molar-refractivity contribution < 1.29 is 13.5 Å². The van der Waals surface area contributed by atoms with E-state index in [4.69, 9.17) is 26.5 Å². The van der Waals surface area contributed by atoms with E-state index in [0.29, 0.717) is 28.4 Å². The fourth-order valence-corrected chi connectivity index (χ4v) is 1.88. The standard InChI is InChI=1S/C14H10ClFN2O2/c15-10-3-2-9(6-11(10)16)19-7-14-18-12-4-1-8(17)5-13(12)20-14/h1-6H,7,17H2. The number of nitrogen functional groups attached to an aromatic ring is 1. The normalized spacial score (nSPS) is 10.9. The summed E-state index contributed by atoms with van der Waals surface area (Å²) in [4.78, 5) is 4.24. The Balaban J connectivity index is 1.77. The van der Waals surface area contributed by atoms with Gasteiger partial charge in [0.25, 0.3) is 0 Å². The molecule has 3 rings (SSSR count). The average molecular weight is 293 g/mol. The number of aromatic nitrogens is 1. The molecule has 6 heteroatoms. The van der Waals surface area contributed by atoms with Gasteiger partial charge in [-0.2, -0.15) is 0 Å². The monoisotopic (exact) mass is 292 g/mol. The molecule has 0 saturated heterocycles. The third-order valence-electron chi connectivity index (χ3n) is 2.71. The highest BCUT2D eigenvalue weighted by molar-refractivity contribution is 6.30. The second-order valence-electron chi connectivity index (χ2n) is 4.20. The van der Waals surface area contributed by atoms with Crippen molar-refractivity contribution in [1.82, 2.24) is 4.98 Å². The van der Waals surface area contributed by atoms with Gasteiger partial charge in [-0.15, -0.1) is 0 Å². The van der Waals surface area contributed by atoms with Gasteiger partial charge in [-0.3, -0.25) is 0 Å². The summed E-state index contributed by atoms with van der Waals surface area (Å²) in [7, 11) is 0. The quantitative estimate of drug-likeness (QED) is 0.746. The lowest BCUT2D eigenvalue weighted by molar-refractivity contribution is 0.266. The third-order valence-corrected chi connectivity index (χ3v) is 3.02. The van der Waals surface area contributed by atoms with E-state index in [-0.39, 0.29) is 11.6 Å². The van der Waals surface area contributed by atoms with Crippen LogP contribution in [0.5, 0.6) is 5.75 Å². The minimum absolute atomic E-state index is 0.0506. The predicted octanol–water partition coefficient (Wildman–Crippen LogP) is 3.78. The third kappa shape index (κ3) is 2.53. The molecule has 1 aromatic heterocycles. The molecule has 0 amide bonds. The van der Waals surface area contributed by atoms with Crippen molar-refractivity contribution in [3.63, 3.8) is 0 Å². The molecule has 0 fully saturated rings. The van der Waals surface area contributed by atoms with Crippen LogP contribution in [0.1, 0.15) is 5.89 Å². The molecule has 0 aliphatic heterocycles. The van der Waals surface area contributed by atoms with Gasteiger partial charge >= 0.3 is 0 Å². The fourth-order valence-electron chi connectivity index (χ4n) is 1.76. The van der Waals surface area contributed by atoms with Crippen molar-refractivity contribution in [3.8, 4) is 5.75 Å². The van der Waals surface area contributed by atoms with Crippen molar-refractivity contribution in [3.05, 3.63) is 53.1 Å². The molecule has 0 aliphatic carbocycles. The van der Waals surface area contributed by atoms with Gasteiger partial charge in [0.05, 0.1) is 5.02 Å². The van der Waals surface area contributed by atoms with E-state index in [9.17, 15) is 4.39 Å². The van der Waals surface area contributed by atoms with Crippen LogP contribution in [0.2, 0.25) is 5.02 Å². The zero-order chi connectivity index (χ0) is 14.1. The van der Waals surface area contributed by atoms with Crippen LogP contribution < -0.4 is 10.5 Å². The van der Waals surface area contributed by atoms with Gasteiger partial charge in [-0.25, -0.2) is 9.37 Å². The van der Waals surface area contributed by atoms with E-state index in [2.05, 4.69) is 4.98 Å². The Morgan fingerprint density at radius 2 is 2.10 bits per heavy atom. The molecular weight excluding hydrogens is 283 g/mol. The van der Waals surface area contributed by atoms with Gasteiger partial charge in [0.1, 0.15) is 17.1 Å². The number of hydrogen-bond donors (Lipinski definition) is 1. The number of nitrogens with zero attached hydrogens (tertiary/aromatic N) is 1. The highest BCUT2D eigenvalue weighted by atomic mass is 35.5. The van der Waals surface area contributed by atoms with Crippen molar-refractivity contribution >= 4 is 28.4 Å². The average Bonchev–Trinajstić information content (AvgIpc) is 2.82. The van der Waals surface area contributed by atoms with Gasteiger partial charge in [0.2, 0.25) is 5.89 Å². The molecule has 2 aromatic carbocycles. The molecule has 0 radical (unpaired) electrons. The molecule has 0 aliphatic rings. The maximum Gasteiger partial charge on any atom is 0.233 e. The molecule has 0 saturated carbocycles. The Morgan fingerprint density at radius 1 is 1.25 bits per heavy atom. The Hall–Kier alpha value is -2.27. The summed E-state index contributed by atoms with van der Waals surface area (Å²) in [5, 5.41) is 0.0506. The van der Waals surface area contributed by atoms with Crippen molar-refractivity contribution in [2.24, 2.45) is 0 Å². The van der Waals surface area contributed by atoms with E-state index in [0.717, 1.165) is 0 Å². The largest absolute Gasteiger partial charge is 0.484 e. The van der Waals surface area contributed by atoms with Crippen LogP contribution in [0.3, 0.4) is 0 Å². The lowest BCUT2D eigenvalue weighted by atomic mass is 10.3. The van der Waals surface area contributed by atoms with E-state index in [1.807, 2.05) is 0 Å². The first-order chi connectivity index (χ1) is 9.61. The lowest BCUT2D eigenvalue weighted by Gasteiger charge is -2.03. The van der Waals surface area contributed by atoms with Gasteiger partial charge in [0.15, 0.2) is 12.2 Å². The first kappa shape index (κ1) is 12.7. The second-order valence-corrected chi connectivity index (χ2v) is 4.61. The van der Waals surface area contributed by atoms with E-state index in [1.54, 1.807) is 24.3 Å². The number of nitrogens with two attached hydrogens (primary N) is 1. The Bertz CT molecular complexity index is 773. The van der Waals surface area contributed by atoms with Gasteiger partial charge in [-0.05, 0) is 24.3 Å². The molecule has 4 nitrogen and oxygen atoms in total. The van der Waals surface area contributed by atoms with Crippen molar-refractivity contribution in [2.75, 3.05) is 5.73 Å². The molecule has 0 unspecified atom stereocenters. The number of anilines is 1. The topological polar surface area (TPSA) is 61.3 Å². The van der Waals surface area contributed by atoms with Crippen LogP contribution in [-0.4, -0.2) is 4.98 Å². The highest BCUT2D eigenvalue weighted by Gasteiger charge is 2.08. The lowest BCUT2D eigenvalue weighted by Crippen LogP contribution is -1.95. The van der Waals surface area contributed by atoms with E-state index in [1.165, 1.54) is 12.1 Å². The number of hydrogen-bond acceptors (Lipinski definition) is 4. The molecule has 102 valence electrons. The van der Waals surface area contributed by atoms with Crippen LogP contribution in [0, 0.1) is 5.82 Å². The predicted molar refractivity (Wildman–Crippen MR) is 74.2 cm³/mol. The van der Waals surface area contributed by atoms with Gasteiger partial charge < -0.3 is 14.9 Å². The van der Waals surface area contributed by atoms with Crippen LogP contribution in [-0.2, 0) is 6.61 Å². The van der Waals surface area contributed by atoms with Gasteiger partial charge in [0, 0.05) is 17.8 Å². The zero-order valence-corrected chi connectivity index (χ0v) is 11.0. The second kappa shape index (κ2) is 5.02. The Kier molecular flexibility index (Phi) is 3.20. The summed E-state index contributed by atoms with van der Waals surface area (Å²) < 4.78 is 24.1. The molecule has 1 heterocycles. The van der Waals surface area contributed by atoms with Crippen LogP contribution in [0.25, 0.3) is 11.1 Å². The van der Waals surface area contributed by atoms with Crippen LogP contribution in [0.4, 0.5) is 10.1 Å². The molecule has 2 N–H and O–H groups in total. The number of halogens is 2. The maximum absolute atomic E-state index is 13.3. The first-order valence-corrected chi connectivity index (χ1v) is 6.22. The Morgan fingerprint density at radius 3 is 2.90 bits per heavy atom. The molecule has 3 aromatic rings. The maximum atomic E-state index is 13.3. The molecular formula is C14H10ClFN2O2. The Labute approximate surface area is 118 Å². The van der Waals surface area contributed by atoms with Crippen LogP contribution in [0.15, 0.2) is 40.8 Å². The summed E-state index contributed by atoms with van der Waals surface area (Å²) in [5.74, 6) is 0.212. The SMILES string of the molecule is Nc1ccc2nc(COc3ccc(Cl)c(F)c3)oc2c1. The fraction of sp³-hybridized carbons (Fsp3) is 0.0714. The number of ether oxygens (including phenoxy) is 1. The summed E-state index contributed by atoms with van der Waals surface area (Å²) in [6.45, 7) is 0.0929.